The zero-order valence-corrected chi connectivity index (χ0v) is 12.5. The maximum absolute atomic E-state index is 12.2. The van der Waals surface area contributed by atoms with Crippen LogP contribution in [0.3, 0.4) is 0 Å². The number of anilines is 1. The average Bonchev–Trinajstić information content (AvgIpc) is 2.37. The zero-order valence-electron chi connectivity index (χ0n) is 11.7. The van der Waals surface area contributed by atoms with Crippen molar-refractivity contribution in [2.45, 2.75) is 37.9 Å². The second-order valence-corrected chi connectivity index (χ2v) is 7.28. The highest BCUT2D eigenvalue weighted by Crippen LogP contribution is 2.28. The number of para-hydroxylation sites is 1. The average molecular weight is 283 g/mol. The molecule has 0 aliphatic carbocycles. The summed E-state index contributed by atoms with van der Waals surface area (Å²) in [6.45, 7) is 7.15. The lowest BCUT2D eigenvalue weighted by atomic mass is 10.2. The van der Waals surface area contributed by atoms with E-state index in [1.54, 1.807) is 19.1 Å². The van der Waals surface area contributed by atoms with Gasteiger partial charge in [-0.1, -0.05) is 19.1 Å². The minimum atomic E-state index is -3.20. The number of hydrogen-bond acceptors (Lipinski definition) is 4. The van der Waals surface area contributed by atoms with Crippen LogP contribution < -0.4 is 4.90 Å². The van der Waals surface area contributed by atoms with Crippen molar-refractivity contribution in [3.63, 3.8) is 0 Å². The molecule has 5 heteroatoms. The third-order valence-corrected chi connectivity index (χ3v) is 5.12. The van der Waals surface area contributed by atoms with Gasteiger partial charge in [0.05, 0.1) is 28.5 Å². The van der Waals surface area contributed by atoms with Gasteiger partial charge in [0, 0.05) is 13.1 Å². The molecular formula is C14H21NO3S. The van der Waals surface area contributed by atoms with E-state index in [0.717, 1.165) is 18.8 Å². The number of benzene rings is 1. The molecule has 0 spiro atoms. The number of ether oxygens (including phenoxy) is 1. The highest BCUT2D eigenvalue weighted by atomic mass is 32.2. The molecule has 1 heterocycles. The van der Waals surface area contributed by atoms with E-state index in [1.165, 1.54) is 0 Å². The molecular weight excluding hydrogens is 262 g/mol. The third kappa shape index (κ3) is 3.09. The van der Waals surface area contributed by atoms with Crippen molar-refractivity contribution in [1.29, 1.82) is 0 Å². The van der Waals surface area contributed by atoms with Crippen LogP contribution in [-0.2, 0) is 14.6 Å². The molecule has 1 aromatic rings. The second-order valence-electron chi connectivity index (χ2n) is 5.03. The van der Waals surface area contributed by atoms with Gasteiger partial charge in [-0.2, -0.15) is 0 Å². The molecule has 0 N–H and O–H groups in total. The maximum atomic E-state index is 12.2. The van der Waals surface area contributed by atoms with Crippen molar-refractivity contribution in [1.82, 2.24) is 0 Å². The van der Waals surface area contributed by atoms with E-state index in [-0.39, 0.29) is 18.0 Å². The Kier molecular flexibility index (Phi) is 4.16. The lowest BCUT2D eigenvalue weighted by molar-refractivity contribution is -0.00537. The predicted molar refractivity (Wildman–Crippen MR) is 76.4 cm³/mol. The Bertz CT molecular complexity index is 531. The summed E-state index contributed by atoms with van der Waals surface area (Å²) in [5.74, 6) is 0.124. The molecule has 4 nitrogen and oxygen atoms in total. The first-order chi connectivity index (χ1) is 8.94. The Labute approximate surface area is 115 Å². The summed E-state index contributed by atoms with van der Waals surface area (Å²) in [6, 6.07) is 7.24. The summed E-state index contributed by atoms with van der Waals surface area (Å²) in [5, 5.41) is 0. The number of hydrogen-bond donors (Lipinski definition) is 0. The Morgan fingerprint density at radius 1 is 1.21 bits per heavy atom. The Morgan fingerprint density at radius 2 is 1.79 bits per heavy atom. The molecule has 0 amide bonds. The molecule has 0 bridgehead atoms. The highest BCUT2D eigenvalue weighted by Gasteiger charge is 2.26. The molecule has 0 radical (unpaired) electrons. The minimum absolute atomic E-state index is 0.112. The third-order valence-electron chi connectivity index (χ3n) is 3.34. The molecule has 1 aromatic carbocycles. The molecule has 19 heavy (non-hydrogen) atoms. The largest absolute Gasteiger partial charge is 0.372 e. The molecule has 2 unspecified atom stereocenters. The number of morpholine rings is 1. The molecule has 0 aromatic heterocycles. The van der Waals surface area contributed by atoms with E-state index in [9.17, 15) is 8.42 Å². The van der Waals surface area contributed by atoms with Crippen LogP contribution in [0.2, 0.25) is 0 Å². The summed E-state index contributed by atoms with van der Waals surface area (Å²) in [4.78, 5) is 2.54. The molecule has 2 rings (SSSR count). The monoisotopic (exact) mass is 283 g/mol. The molecule has 2 atom stereocenters. The van der Waals surface area contributed by atoms with Gasteiger partial charge in [-0.25, -0.2) is 8.42 Å². The van der Waals surface area contributed by atoms with Crippen molar-refractivity contribution in [3.8, 4) is 0 Å². The normalized spacial score (nSPS) is 24.5. The van der Waals surface area contributed by atoms with Gasteiger partial charge in [0.15, 0.2) is 9.84 Å². The van der Waals surface area contributed by atoms with Gasteiger partial charge in [-0.3, -0.25) is 0 Å². The van der Waals surface area contributed by atoms with Crippen LogP contribution >= 0.6 is 0 Å². The van der Waals surface area contributed by atoms with Gasteiger partial charge in [0.2, 0.25) is 0 Å². The smallest absolute Gasteiger partial charge is 0.180 e. The first kappa shape index (κ1) is 14.3. The van der Waals surface area contributed by atoms with Gasteiger partial charge >= 0.3 is 0 Å². The summed E-state index contributed by atoms with van der Waals surface area (Å²) >= 11 is 0. The van der Waals surface area contributed by atoms with Gasteiger partial charge in [-0.05, 0) is 26.0 Å². The lowest BCUT2D eigenvalue weighted by Crippen LogP contribution is -2.46. The molecule has 106 valence electrons. The lowest BCUT2D eigenvalue weighted by Gasteiger charge is -2.37. The fourth-order valence-corrected chi connectivity index (χ4v) is 3.62. The SMILES string of the molecule is CCS(=O)(=O)c1ccccc1N1CC(C)OC(C)C1. The molecule has 1 fully saturated rings. The topological polar surface area (TPSA) is 46.6 Å². The van der Waals surface area contributed by atoms with E-state index < -0.39 is 9.84 Å². The Morgan fingerprint density at radius 3 is 2.37 bits per heavy atom. The standard InChI is InChI=1S/C14H21NO3S/c1-4-19(16,17)14-8-6-5-7-13(14)15-9-11(2)18-12(3)10-15/h5-8,11-12H,4,9-10H2,1-3H3. The van der Waals surface area contributed by atoms with Crippen LogP contribution in [0.25, 0.3) is 0 Å². The minimum Gasteiger partial charge on any atom is -0.372 e. The fraction of sp³-hybridized carbons (Fsp3) is 0.571. The summed E-state index contributed by atoms with van der Waals surface area (Å²) < 4.78 is 30.0. The van der Waals surface area contributed by atoms with E-state index in [2.05, 4.69) is 4.90 Å². The van der Waals surface area contributed by atoms with Gasteiger partial charge in [0.25, 0.3) is 0 Å². The number of sulfone groups is 1. The molecule has 1 aliphatic heterocycles. The Balaban J connectivity index is 2.40. The van der Waals surface area contributed by atoms with Crippen molar-refractivity contribution < 1.29 is 13.2 Å². The van der Waals surface area contributed by atoms with Crippen LogP contribution in [0.5, 0.6) is 0 Å². The first-order valence-corrected chi connectivity index (χ1v) is 8.31. The van der Waals surface area contributed by atoms with Crippen molar-refractivity contribution in [2.24, 2.45) is 0 Å². The van der Waals surface area contributed by atoms with Gasteiger partial charge < -0.3 is 9.64 Å². The predicted octanol–water partition coefficient (Wildman–Crippen LogP) is 2.09. The van der Waals surface area contributed by atoms with Gasteiger partial charge in [0.1, 0.15) is 0 Å². The zero-order chi connectivity index (χ0) is 14.0. The fourth-order valence-electron chi connectivity index (χ4n) is 2.51. The van der Waals surface area contributed by atoms with E-state index in [0.29, 0.717) is 4.90 Å². The van der Waals surface area contributed by atoms with Crippen LogP contribution in [-0.4, -0.2) is 39.5 Å². The first-order valence-electron chi connectivity index (χ1n) is 6.66. The van der Waals surface area contributed by atoms with Crippen LogP contribution in [0.1, 0.15) is 20.8 Å². The Hall–Kier alpha value is -1.07. The molecule has 1 aliphatic rings. The summed E-state index contributed by atoms with van der Waals surface area (Å²) in [6.07, 6.45) is 0.224. The maximum Gasteiger partial charge on any atom is 0.180 e. The van der Waals surface area contributed by atoms with E-state index >= 15 is 0 Å². The summed E-state index contributed by atoms with van der Waals surface area (Å²) in [7, 11) is -3.20. The quantitative estimate of drug-likeness (QED) is 0.852. The number of nitrogens with zero attached hydrogens (tertiary/aromatic N) is 1. The number of rotatable bonds is 3. The van der Waals surface area contributed by atoms with Crippen molar-refractivity contribution in [3.05, 3.63) is 24.3 Å². The van der Waals surface area contributed by atoms with Crippen LogP contribution in [0, 0.1) is 0 Å². The van der Waals surface area contributed by atoms with Crippen molar-refractivity contribution >= 4 is 15.5 Å². The van der Waals surface area contributed by atoms with E-state index in [1.807, 2.05) is 26.0 Å². The summed E-state index contributed by atoms with van der Waals surface area (Å²) in [5.41, 5.74) is 0.798. The van der Waals surface area contributed by atoms with Crippen molar-refractivity contribution in [2.75, 3.05) is 23.7 Å². The second kappa shape index (κ2) is 5.51. The molecule has 0 saturated carbocycles. The highest BCUT2D eigenvalue weighted by molar-refractivity contribution is 7.91. The van der Waals surface area contributed by atoms with Crippen LogP contribution in [0.15, 0.2) is 29.2 Å². The van der Waals surface area contributed by atoms with Crippen LogP contribution in [0.4, 0.5) is 5.69 Å². The van der Waals surface area contributed by atoms with Gasteiger partial charge in [-0.15, -0.1) is 0 Å². The van der Waals surface area contributed by atoms with E-state index in [4.69, 9.17) is 4.74 Å². The molecule has 1 saturated heterocycles.